The van der Waals surface area contributed by atoms with Crippen molar-refractivity contribution in [3.05, 3.63) is 206 Å². The number of aromatic nitrogens is 4. The Morgan fingerprint density at radius 1 is 0.302 bits per heavy atom. The summed E-state index contributed by atoms with van der Waals surface area (Å²) in [6.45, 7) is 0. The SMILES string of the molecule is c1ccc(-c2cc(-c3ccc4oc5ccccc5c4c3)cc(-c3cccc4c5ccccc5n(-c5nc(-c6ccccc6)nc(-c6ccc7c(c6)oc6ccccc67)n5)c34)c2)cc1. The third-order valence-electron chi connectivity index (χ3n) is 12.2. The molecule has 294 valence electrons. The molecule has 0 saturated carbocycles. The van der Waals surface area contributed by atoms with E-state index in [9.17, 15) is 0 Å². The van der Waals surface area contributed by atoms with E-state index in [1.807, 2.05) is 66.7 Å². The van der Waals surface area contributed by atoms with Gasteiger partial charge in [0.05, 0.1) is 11.0 Å². The lowest BCUT2D eigenvalue weighted by Crippen LogP contribution is -2.07. The van der Waals surface area contributed by atoms with Crippen molar-refractivity contribution in [1.29, 1.82) is 0 Å². The number of fused-ring (bicyclic) bond motifs is 9. The maximum Gasteiger partial charge on any atom is 0.238 e. The maximum atomic E-state index is 6.35. The van der Waals surface area contributed by atoms with Crippen LogP contribution in [0, 0.1) is 0 Å². The van der Waals surface area contributed by atoms with E-state index in [1.165, 1.54) is 0 Å². The molecule has 0 saturated heterocycles. The molecule has 0 N–H and O–H groups in total. The molecule has 0 unspecified atom stereocenters. The van der Waals surface area contributed by atoms with E-state index in [4.69, 9.17) is 23.8 Å². The number of furan rings is 2. The average Bonchev–Trinajstić information content (AvgIpc) is 4.03. The summed E-state index contributed by atoms with van der Waals surface area (Å²) in [6.07, 6.45) is 0. The summed E-state index contributed by atoms with van der Waals surface area (Å²) in [5, 5.41) is 6.54. The maximum absolute atomic E-state index is 6.35. The van der Waals surface area contributed by atoms with Crippen molar-refractivity contribution in [2.24, 2.45) is 0 Å². The van der Waals surface area contributed by atoms with Crippen molar-refractivity contribution in [1.82, 2.24) is 19.5 Å². The Morgan fingerprint density at radius 2 is 0.857 bits per heavy atom. The molecule has 0 aliphatic carbocycles. The van der Waals surface area contributed by atoms with Gasteiger partial charge >= 0.3 is 0 Å². The molecule has 0 fully saturated rings. The quantitative estimate of drug-likeness (QED) is 0.167. The van der Waals surface area contributed by atoms with E-state index < -0.39 is 0 Å². The van der Waals surface area contributed by atoms with E-state index >= 15 is 0 Å². The molecular formula is C57H34N4O2. The van der Waals surface area contributed by atoms with Gasteiger partial charge in [0.15, 0.2) is 11.6 Å². The Balaban J connectivity index is 1.07. The number of hydrogen-bond donors (Lipinski definition) is 0. The molecule has 0 aliphatic heterocycles. The molecule has 0 radical (unpaired) electrons. The van der Waals surface area contributed by atoms with Crippen LogP contribution in [0.1, 0.15) is 0 Å². The molecule has 4 heterocycles. The highest BCUT2D eigenvalue weighted by molar-refractivity contribution is 6.14. The normalized spacial score (nSPS) is 11.8. The van der Waals surface area contributed by atoms with Gasteiger partial charge in [-0.3, -0.25) is 4.57 Å². The predicted molar refractivity (Wildman–Crippen MR) is 256 cm³/mol. The molecule has 13 aromatic rings. The van der Waals surface area contributed by atoms with Gasteiger partial charge in [0.2, 0.25) is 5.95 Å². The molecule has 9 aromatic carbocycles. The summed E-state index contributed by atoms with van der Waals surface area (Å²) in [5.74, 6) is 1.67. The second-order valence-corrected chi connectivity index (χ2v) is 16.0. The van der Waals surface area contributed by atoms with Crippen LogP contribution in [0.3, 0.4) is 0 Å². The number of para-hydroxylation sites is 4. The summed E-state index contributed by atoms with van der Waals surface area (Å²) in [5.41, 5.74) is 13.7. The fourth-order valence-corrected chi connectivity index (χ4v) is 9.29. The van der Waals surface area contributed by atoms with Gasteiger partial charge in [-0.15, -0.1) is 0 Å². The third kappa shape index (κ3) is 5.76. The highest BCUT2D eigenvalue weighted by Gasteiger charge is 2.22. The van der Waals surface area contributed by atoms with E-state index in [2.05, 4.69) is 144 Å². The van der Waals surface area contributed by atoms with E-state index in [-0.39, 0.29) is 0 Å². The van der Waals surface area contributed by atoms with Crippen molar-refractivity contribution in [2.75, 3.05) is 0 Å². The van der Waals surface area contributed by atoms with Crippen molar-refractivity contribution >= 4 is 65.7 Å². The minimum atomic E-state index is 0.527. The smallest absolute Gasteiger partial charge is 0.238 e. The van der Waals surface area contributed by atoms with Crippen LogP contribution in [-0.4, -0.2) is 19.5 Å². The molecule has 63 heavy (non-hydrogen) atoms. The standard InChI is InChI=1S/C57H34N4O2/c1-3-14-35(15-4-1)39-30-40(37-27-29-52-48(33-37)45-20-9-12-25-51(45)62-52)32-41(31-39)42-21-13-22-47-43-18-7-10-23-49(43)61(54(42)47)57-59-55(36-16-5-2-6-17-36)58-56(60-57)38-26-28-46-44-19-8-11-24-50(44)63-53(46)34-38/h1-34H. The first-order chi connectivity index (χ1) is 31.2. The van der Waals surface area contributed by atoms with Gasteiger partial charge in [0.25, 0.3) is 0 Å². The first-order valence-corrected chi connectivity index (χ1v) is 21.1. The van der Waals surface area contributed by atoms with Crippen molar-refractivity contribution in [3.8, 4) is 62.1 Å². The van der Waals surface area contributed by atoms with Crippen LogP contribution in [0.25, 0.3) is 128 Å². The molecule has 6 nitrogen and oxygen atoms in total. The van der Waals surface area contributed by atoms with E-state index in [1.54, 1.807) is 0 Å². The van der Waals surface area contributed by atoms with Gasteiger partial charge in [-0.25, -0.2) is 4.98 Å². The molecule has 4 aromatic heterocycles. The van der Waals surface area contributed by atoms with Gasteiger partial charge in [0.1, 0.15) is 22.3 Å². The second kappa shape index (κ2) is 14.0. The molecule has 6 heteroatoms. The van der Waals surface area contributed by atoms with E-state index in [0.717, 1.165) is 110 Å². The Kier molecular flexibility index (Phi) is 7.80. The average molecular weight is 807 g/mol. The first-order valence-electron chi connectivity index (χ1n) is 21.1. The zero-order valence-corrected chi connectivity index (χ0v) is 33.7. The largest absolute Gasteiger partial charge is 0.456 e. The predicted octanol–water partition coefficient (Wildman–Crippen LogP) is 15.1. The summed E-state index contributed by atoms with van der Waals surface area (Å²) in [6, 6.07) is 71.8. The second-order valence-electron chi connectivity index (χ2n) is 16.0. The first kappa shape index (κ1) is 35.2. The molecule has 0 atom stereocenters. The number of benzene rings is 9. The Bertz CT molecular complexity index is 3920. The van der Waals surface area contributed by atoms with Gasteiger partial charge in [-0.2, -0.15) is 9.97 Å². The third-order valence-corrected chi connectivity index (χ3v) is 12.2. The molecular weight excluding hydrogens is 773 g/mol. The van der Waals surface area contributed by atoms with Gasteiger partial charge < -0.3 is 8.83 Å². The number of hydrogen-bond acceptors (Lipinski definition) is 5. The van der Waals surface area contributed by atoms with Gasteiger partial charge in [-0.1, -0.05) is 146 Å². The van der Waals surface area contributed by atoms with Crippen LogP contribution in [0.4, 0.5) is 0 Å². The van der Waals surface area contributed by atoms with Crippen LogP contribution in [0.5, 0.6) is 0 Å². The van der Waals surface area contributed by atoms with Crippen molar-refractivity contribution in [2.45, 2.75) is 0 Å². The molecule has 0 amide bonds. The summed E-state index contributed by atoms with van der Waals surface area (Å²) in [4.78, 5) is 15.8. The zero-order chi connectivity index (χ0) is 41.4. The Hall–Kier alpha value is -8.61. The minimum absolute atomic E-state index is 0.527. The summed E-state index contributed by atoms with van der Waals surface area (Å²) in [7, 11) is 0. The minimum Gasteiger partial charge on any atom is -0.456 e. The lowest BCUT2D eigenvalue weighted by Gasteiger charge is -2.15. The Morgan fingerprint density at radius 3 is 1.63 bits per heavy atom. The zero-order valence-electron chi connectivity index (χ0n) is 33.7. The topological polar surface area (TPSA) is 69.9 Å². The van der Waals surface area contributed by atoms with Gasteiger partial charge in [-0.05, 0) is 88.5 Å². The van der Waals surface area contributed by atoms with Crippen LogP contribution in [0.2, 0.25) is 0 Å². The van der Waals surface area contributed by atoms with Crippen LogP contribution >= 0.6 is 0 Å². The lowest BCUT2D eigenvalue weighted by atomic mass is 9.92. The molecule has 0 bridgehead atoms. The molecule has 13 rings (SSSR count). The van der Waals surface area contributed by atoms with Crippen molar-refractivity contribution in [3.63, 3.8) is 0 Å². The number of nitrogens with zero attached hydrogens (tertiary/aromatic N) is 4. The highest BCUT2D eigenvalue weighted by Crippen LogP contribution is 2.42. The van der Waals surface area contributed by atoms with Crippen LogP contribution in [-0.2, 0) is 0 Å². The fraction of sp³-hybridized carbons (Fsp3) is 0. The highest BCUT2D eigenvalue weighted by atomic mass is 16.3. The summed E-state index contributed by atoms with van der Waals surface area (Å²) < 4.78 is 14.8. The Labute approximate surface area is 361 Å². The van der Waals surface area contributed by atoms with Crippen LogP contribution < -0.4 is 0 Å². The van der Waals surface area contributed by atoms with E-state index in [0.29, 0.717) is 17.6 Å². The fourth-order valence-electron chi connectivity index (χ4n) is 9.29. The van der Waals surface area contributed by atoms with Crippen LogP contribution in [0.15, 0.2) is 215 Å². The number of rotatable bonds is 6. The molecule has 0 aliphatic rings. The summed E-state index contributed by atoms with van der Waals surface area (Å²) >= 11 is 0. The van der Waals surface area contributed by atoms with Crippen molar-refractivity contribution < 1.29 is 8.83 Å². The monoisotopic (exact) mass is 806 g/mol. The lowest BCUT2D eigenvalue weighted by molar-refractivity contribution is 0.668. The van der Waals surface area contributed by atoms with Gasteiger partial charge in [0, 0.05) is 49.0 Å². The molecule has 0 spiro atoms.